The standard InChI is InChI=1S/C18H21ClN2O3S/c1-2-21-10-11-24-18(13-21)14-6-8-16(9-7-14)20-25(22,23)17-5-3-4-15(19)12-17/h3-9,12,18,20H,2,10-11,13H2,1H3. The van der Waals surface area contributed by atoms with Gasteiger partial charge < -0.3 is 4.74 Å². The van der Waals surface area contributed by atoms with E-state index in [0.29, 0.717) is 17.3 Å². The molecule has 1 N–H and O–H groups in total. The molecule has 0 spiro atoms. The molecule has 0 aliphatic carbocycles. The van der Waals surface area contributed by atoms with Crippen LogP contribution in [0.4, 0.5) is 5.69 Å². The van der Waals surface area contributed by atoms with Crippen molar-refractivity contribution in [3.05, 3.63) is 59.1 Å². The Kier molecular flexibility index (Phi) is 5.64. The molecule has 1 unspecified atom stereocenters. The van der Waals surface area contributed by atoms with Gasteiger partial charge in [-0.15, -0.1) is 0 Å². The molecule has 134 valence electrons. The fourth-order valence-electron chi connectivity index (χ4n) is 2.81. The molecule has 1 fully saturated rings. The number of rotatable bonds is 5. The second kappa shape index (κ2) is 7.74. The van der Waals surface area contributed by atoms with Gasteiger partial charge >= 0.3 is 0 Å². The summed E-state index contributed by atoms with van der Waals surface area (Å²) in [6, 6.07) is 13.5. The zero-order valence-electron chi connectivity index (χ0n) is 14.0. The van der Waals surface area contributed by atoms with Crippen LogP contribution in [0.15, 0.2) is 53.4 Å². The van der Waals surface area contributed by atoms with Crippen molar-refractivity contribution in [2.75, 3.05) is 31.0 Å². The molecule has 0 radical (unpaired) electrons. The van der Waals surface area contributed by atoms with Crippen LogP contribution in [-0.4, -0.2) is 39.6 Å². The summed E-state index contributed by atoms with van der Waals surface area (Å²) in [7, 11) is -3.66. The summed E-state index contributed by atoms with van der Waals surface area (Å²) in [4.78, 5) is 2.47. The van der Waals surface area contributed by atoms with Crippen LogP contribution < -0.4 is 4.72 Å². The van der Waals surface area contributed by atoms with E-state index in [1.165, 1.54) is 12.1 Å². The Morgan fingerprint density at radius 1 is 1.24 bits per heavy atom. The highest BCUT2D eigenvalue weighted by atomic mass is 35.5. The fourth-order valence-corrected chi connectivity index (χ4v) is 4.16. The summed E-state index contributed by atoms with van der Waals surface area (Å²) in [5.41, 5.74) is 1.55. The van der Waals surface area contributed by atoms with Crippen LogP contribution in [0.5, 0.6) is 0 Å². The van der Waals surface area contributed by atoms with Crippen molar-refractivity contribution in [1.82, 2.24) is 4.90 Å². The van der Waals surface area contributed by atoms with Gasteiger partial charge in [-0.1, -0.05) is 36.7 Å². The normalized spacial score (nSPS) is 18.9. The summed E-state index contributed by atoms with van der Waals surface area (Å²) in [6.45, 7) is 5.64. The van der Waals surface area contributed by atoms with Gasteiger partial charge in [-0.3, -0.25) is 9.62 Å². The largest absolute Gasteiger partial charge is 0.371 e. The second-order valence-corrected chi connectivity index (χ2v) is 8.06. The van der Waals surface area contributed by atoms with Gasteiger partial charge in [0.25, 0.3) is 10.0 Å². The number of likely N-dealkylation sites (N-methyl/N-ethyl adjacent to an activating group) is 1. The number of sulfonamides is 1. The summed E-state index contributed by atoms with van der Waals surface area (Å²) in [5, 5.41) is 0.383. The van der Waals surface area contributed by atoms with Gasteiger partial charge in [-0.25, -0.2) is 8.42 Å². The van der Waals surface area contributed by atoms with Gasteiger partial charge in [-0.05, 0) is 42.4 Å². The quantitative estimate of drug-likeness (QED) is 0.862. The molecule has 2 aromatic carbocycles. The summed E-state index contributed by atoms with van der Waals surface area (Å²) < 4.78 is 33.2. The van der Waals surface area contributed by atoms with Gasteiger partial charge in [0.1, 0.15) is 0 Å². The van der Waals surface area contributed by atoms with Crippen LogP contribution in [0.2, 0.25) is 5.02 Å². The fraction of sp³-hybridized carbons (Fsp3) is 0.333. The third-order valence-corrected chi connectivity index (χ3v) is 5.85. The van der Waals surface area contributed by atoms with Gasteiger partial charge in [0, 0.05) is 23.8 Å². The minimum Gasteiger partial charge on any atom is -0.371 e. The zero-order valence-corrected chi connectivity index (χ0v) is 15.6. The molecule has 0 aromatic heterocycles. The molecule has 0 amide bonds. The van der Waals surface area contributed by atoms with Crippen molar-refractivity contribution in [1.29, 1.82) is 0 Å². The lowest BCUT2D eigenvalue weighted by atomic mass is 10.1. The molecule has 1 aliphatic heterocycles. The molecular weight excluding hydrogens is 360 g/mol. The number of hydrogen-bond donors (Lipinski definition) is 1. The highest BCUT2D eigenvalue weighted by Crippen LogP contribution is 2.25. The molecule has 3 rings (SSSR count). The maximum Gasteiger partial charge on any atom is 0.261 e. The number of benzene rings is 2. The minimum atomic E-state index is -3.66. The number of ether oxygens (including phenoxy) is 1. The first kappa shape index (κ1) is 18.2. The molecular formula is C18H21ClN2O3S. The molecule has 1 heterocycles. The Morgan fingerprint density at radius 2 is 2.00 bits per heavy atom. The van der Waals surface area contributed by atoms with Crippen molar-refractivity contribution < 1.29 is 13.2 Å². The third kappa shape index (κ3) is 4.52. The van der Waals surface area contributed by atoms with Crippen molar-refractivity contribution in [2.24, 2.45) is 0 Å². The first-order valence-electron chi connectivity index (χ1n) is 8.20. The Hall–Kier alpha value is -1.60. The van der Waals surface area contributed by atoms with Crippen molar-refractivity contribution in [2.45, 2.75) is 17.9 Å². The maximum absolute atomic E-state index is 12.4. The van der Waals surface area contributed by atoms with E-state index in [4.69, 9.17) is 16.3 Å². The molecule has 1 saturated heterocycles. The van der Waals surface area contributed by atoms with Gasteiger partial charge in [-0.2, -0.15) is 0 Å². The van der Waals surface area contributed by atoms with Gasteiger partial charge in [0.2, 0.25) is 0 Å². The van der Waals surface area contributed by atoms with Crippen LogP contribution in [0, 0.1) is 0 Å². The van der Waals surface area contributed by atoms with E-state index < -0.39 is 10.0 Å². The molecule has 0 saturated carbocycles. The maximum atomic E-state index is 12.4. The molecule has 1 atom stereocenters. The average Bonchev–Trinajstić information content (AvgIpc) is 2.62. The third-order valence-electron chi connectivity index (χ3n) is 4.24. The average molecular weight is 381 g/mol. The Bertz CT molecular complexity index is 824. The molecule has 7 heteroatoms. The SMILES string of the molecule is CCN1CCOC(c2ccc(NS(=O)(=O)c3cccc(Cl)c3)cc2)C1. The highest BCUT2D eigenvalue weighted by Gasteiger charge is 2.21. The molecule has 25 heavy (non-hydrogen) atoms. The monoisotopic (exact) mass is 380 g/mol. The molecule has 0 bridgehead atoms. The van der Waals surface area contributed by atoms with Crippen molar-refractivity contribution in [3.8, 4) is 0 Å². The zero-order chi connectivity index (χ0) is 17.9. The van der Waals surface area contributed by atoms with Crippen molar-refractivity contribution >= 4 is 27.3 Å². The molecule has 5 nitrogen and oxygen atoms in total. The van der Waals surface area contributed by atoms with E-state index in [-0.39, 0.29) is 11.0 Å². The van der Waals surface area contributed by atoms with Gasteiger partial charge in [0.15, 0.2) is 0 Å². The Balaban J connectivity index is 1.72. The van der Waals surface area contributed by atoms with E-state index in [1.54, 1.807) is 24.3 Å². The lowest BCUT2D eigenvalue weighted by Gasteiger charge is -2.32. The Labute approximate surface area is 153 Å². The van der Waals surface area contributed by atoms with Crippen LogP contribution in [0.3, 0.4) is 0 Å². The number of hydrogen-bond acceptors (Lipinski definition) is 4. The predicted octanol–water partition coefficient (Wildman–Crippen LogP) is 3.53. The number of nitrogens with zero attached hydrogens (tertiary/aromatic N) is 1. The summed E-state index contributed by atoms with van der Waals surface area (Å²) in [5.74, 6) is 0. The van der Waals surface area contributed by atoms with Crippen LogP contribution in [0.25, 0.3) is 0 Å². The number of halogens is 1. The van der Waals surface area contributed by atoms with E-state index in [0.717, 1.165) is 25.2 Å². The smallest absolute Gasteiger partial charge is 0.261 e. The first-order valence-corrected chi connectivity index (χ1v) is 10.1. The lowest BCUT2D eigenvalue weighted by Crippen LogP contribution is -2.38. The Morgan fingerprint density at radius 3 is 2.68 bits per heavy atom. The highest BCUT2D eigenvalue weighted by molar-refractivity contribution is 7.92. The summed E-state index contributed by atoms with van der Waals surface area (Å²) in [6.07, 6.45) is 0.0206. The molecule has 2 aromatic rings. The van der Waals surface area contributed by atoms with Crippen LogP contribution in [0.1, 0.15) is 18.6 Å². The van der Waals surface area contributed by atoms with Gasteiger partial charge in [0.05, 0.1) is 17.6 Å². The first-order chi connectivity index (χ1) is 12.0. The minimum absolute atomic E-state index is 0.0206. The summed E-state index contributed by atoms with van der Waals surface area (Å²) >= 11 is 5.87. The van der Waals surface area contributed by atoms with Crippen LogP contribution >= 0.6 is 11.6 Å². The number of morpholine rings is 1. The van der Waals surface area contributed by atoms with Crippen molar-refractivity contribution in [3.63, 3.8) is 0 Å². The second-order valence-electron chi connectivity index (χ2n) is 5.94. The lowest BCUT2D eigenvalue weighted by molar-refractivity contribution is -0.0281. The van der Waals surface area contributed by atoms with Crippen LogP contribution in [-0.2, 0) is 14.8 Å². The molecule has 1 aliphatic rings. The topological polar surface area (TPSA) is 58.6 Å². The predicted molar refractivity (Wildman–Crippen MR) is 99.5 cm³/mol. The number of nitrogens with one attached hydrogen (secondary N) is 1. The van der Waals surface area contributed by atoms with E-state index in [9.17, 15) is 8.42 Å². The van der Waals surface area contributed by atoms with E-state index >= 15 is 0 Å². The van der Waals surface area contributed by atoms with E-state index in [2.05, 4.69) is 16.5 Å². The van der Waals surface area contributed by atoms with E-state index in [1.807, 2.05) is 12.1 Å². The number of anilines is 1.